The van der Waals surface area contributed by atoms with Crippen LogP contribution < -0.4 is 5.32 Å². The smallest absolute Gasteiger partial charge is 0.124 e. The van der Waals surface area contributed by atoms with Crippen molar-refractivity contribution in [3.8, 4) is 0 Å². The molecule has 1 N–H and O–H groups in total. The Morgan fingerprint density at radius 2 is 2.21 bits per heavy atom. The third kappa shape index (κ3) is 2.55. The molecule has 0 fully saturated rings. The van der Waals surface area contributed by atoms with Crippen LogP contribution in [0.1, 0.15) is 16.5 Å². The van der Waals surface area contributed by atoms with E-state index in [1.165, 1.54) is 10.9 Å². The lowest BCUT2D eigenvalue weighted by Crippen LogP contribution is -2.17. The standard InChI is InChI=1S/C15H14FNOS/c1-17-13(6-10-4-5-18-9-10)15-7-11-2-3-12(16)8-14(11)19-15/h2-5,7-9,13,17H,6H2,1H3. The van der Waals surface area contributed by atoms with E-state index in [1.54, 1.807) is 29.9 Å². The number of hydrogen-bond donors (Lipinski definition) is 1. The fourth-order valence-electron chi connectivity index (χ4n) is 2.19. The molecular formula is C15H14FNOS. The Hall–Kier alpha value is -1.65. The molecule has 2 nitrogen and oxygen atoms in total. The SMILES string of the molecule is CNC(Cc1ccoc1)c1cc2ccc(F)cc2s1. The van der Waals surface area contributed by atoms with Gasteiger partial charge < -0.3 is 9.73 Å². The highest BCUT2D eigenvalue weighted by Crippen LogP contribution is 2.31. The highest BCUT2D eigenvalue weighted by molar-refractivity contribution is 7.19. The average Bonchev–Trinajstić information content (AvgIpc) is 3.03. The lowest BCUT2D eigenvalue weighted by molar-refractivity contribution is 0.554. The molecule has 1 atom stereocenters. The van der Waals surface area contributed by atoms with Crippen LogP contribution in [0.5, 0.6) is 0 Å². The molecule has 3 rings (SSSR count). The van der Waals surface area contributed by atoms with E-state index in [-0.39, 0.29) is 11.9 Å². The number of rotatable bonds is 4. The van der Waals surface area contributed by atoms with Gasteiger partial charge in [-0.25, -0.2) is 4.39 Å². The summed E-state index contributed by atoms with van der Waals surface area (Å²) in [6.07, 6.45) is 4.31. The number of fused-ring (bicyclic) bond motifs is 1. The van der Waals surface area contributed by atoms with Crippen LogP contribution in [0.15, 0.2) is 47.3 Å². The Labute approximate surface area is 114 Å². The van der Waals surface area contributed by atoms with Crippen molar-refractivity contribution in [1.29, 1.82) is 0 Å². The van der Waals surface area contributed by atoms with Gasteiger partial charge >= 0.3 is 0 Å². The fraction of sp³-hybridized carbons (Fsp3) is 0.200. The summed E-state index contributed by atoms with van der Waals surface area (Å²) in [7, 11) is 1.94. The summed E-state index contributed by atoms with van der Waals surface area (Å²) in [5.41, 5.74) is 1.16. The Bertz CT molecular complexity index is 675. The van der Waals surface area contributed by atoms with E-state index in [9.17, 15) is 4.39 Å². The van der Waals surface area contributed by atoms with E-state index in [1.807, 2.05) is 19.2 Å². The van der Waals surface area contributed by atoms with Gasteiger partial charge in [0, 0.05) is 15.6 Å². The van der Waals surface area contributed by atoms with Crippen LogP contribution in [-0.2, 0) is 6.42 Å². The summed E-state index contributed by atoms with van der Waals surface area (Å²) in [5, 5.41) is 4.40. The van der Waals surface area contributed by atoms with Crippen LogP contribution in [0.3, 0.4) is 0 Å². The predicted molar refractivity (Wildman–Crippen MR) is 76.0 cm³/mol. The molecule has 4 heteroatoms. The summed E-state index contributed by atoms with van der Waals surface area (Å²) in [5.74, 6) is -0.184. The molecule has 0 radical (unpaired) electrons. The van der Waals surface area contributed by atoms with Gasteiger partial charge in [0.05, 0.1) is 12.5 Å². The summed E-state index contributed by atoms with van der Waals surface area (Å²) >= 11 is 1.63. The highest BCUT2D eigenvalue weighted by atomic mass is 32.1. The molecule has 0 saturated heterocycles. The van der Waals surface area contributed by atoms with Crippen LogP contribution in [0, 0.1) is 5.82 Å². The Kier molecular flexibility index (Phi) is 3.36. The molecule has 0 saturated carbocycles. The maximum Gasteiger partial charge on any atom is 0.124 e. The molecular weight excluding hydrogens is 261 g/mol. The lowest BCUT2D eigenvalue weighted by atomic mass is 10.1. The minimum absolute atomic E-state index is 0.184. The average molecular weight is 275 g/mol. The van der Waals surface area contributed by atoms with Gasteiger partial charge in [-0.2, -0.15) is 0 Å². The highest BCUT2D eigenvalue weighted by Gasteiger charge is 2.14. The van der Waals surface area contributed by atoms with E-state index in [4.69, 9.17) is 4.42 Å². The number of furan rings is 1. The van der Waals surface area contributed by atoms with Crippen molar-refractivity contribution in [3.63, 3.8) is 0 Å². The molecule has 2 heterocycles. The zero-order valence-corrected chi connectivity index (χ0v) is 11.3. The molecule has 3 aromatic rings. The topological polar surface area (TPSA) is 25.2 Å². The summed E-state index contributed by atoms with van der Waals surface area (Å²) < 4.78 is 19.3. The van der Waals surface area contributed by atoms with Crippen LogP contribution in [0.4, 0.5) is 4.39 Å². The van der Waals surface area contributed by atoms with E-state index in [2.05, 4.69) is 11.4 Å². The van der Waals surface area contributed by atoms with Crippen molar-refractivity contribution in [3.05, 3.63) is 59.1 Å². The normalized spacial score (nSPS) is 12.9. The van der Waals surface area contributed by atoms with Gasteiger partial charge in [0.15, 0.2) is 0 Å². The predicted octanol–water partition coefficient (Wildman–Crippen LogP) is 4.14. The number of halogens is 1. The van der Waals surface area contributed by atoms with Gasteiger partial charge in [0.2, 0.25) is 0 Å². The van der Waals surface area contributed by atoms with Gasteiger partial charge in [-0.15, -0.1) is 11.3 Å². The molecule has 0 aliphatic heterocycles. The first-order chi connectivity index (χ1) is 9.26. The number of likely N-dealkylation sites (N-methyl/N-ethyl adjacent to an activating group) is 1. The fourth-order valence-corrected chi connectivity index (χ4v) is 3.39. The summed E-state index contributed by atoms with van der Waals surface area (Å²) in [4.78, 5) is 1.21. The first kappa shape index (κ1) is 12.4. The van der Waals surface area contributed by atoms with Crippen molar-refractivity contribution >= 4 is 21.4 Å². The second kappa shape index (κ2) is 5.15. The third-order valence-corrected chi connectivity index (χ3v) is 4.42. The molecule has 0 spiro atoms. The third-order valence-electron chi connectivity index (χ3n) is 3.21. The van der Waals surface area contributed by atoms with E-state index in [0.717, 1.165) is 22.1 Å². The van der Waals surface area contributed by atoms with Crippen LogP contribution in [0.2, 0.25) is 0 Å². The molecule has 0 aliphatic carbocycles. The minimum Gasteiger partial charge on any atom is -0.472 e. The summed E-state index contributed by atoms with van der Waals surface area (Å²) in [6, 6.07) is 9.24. The van der Waals surface area contributed by atoms with E-state index >= 15 is 0 Å². The molecule has 0 amide bonds. The van der Waals surface area contributed by atoms with E-state index in [0.29, 0.717) is 0 Å². The minimum atomic E-state index is -0.184. The van der Waals surface area contributed by atoms with Crippen LogP contribution in [-0.4, -0.2) is 7.05 Å². The Balaban J connectivity index is 1.92. The molecule has 19 heavy (non-hydrogen) atoms. The van der Waals surface area contributed by atoms with Gasteiger partial charge in [0.1, 0.15) is 5.82 Å². The van der Waals surface area contributed by atoms with Crippen molar-refractivity contribution in [2.24, 2.45) is 0 Å². The monoisotopic (exact) mass is 275 g/mol. The van der Waals surface area contributed by atoms with Crippen LogP contribution in [0.25, 0.3) is 10.1 Å². The van der Waals surface area contributed by atoms with Gasteiger partial charge in [-0.1, -0.05) is 6.07 Å². The van der Waals surface area contributed by atoms with Crippen molar-refractivity contribution < 1.29 is 8.81 Å². The quantitative estimate of drug-likeness (QED) is 0.774. The molecule has 1 aromatic carbocycles. The lowest BCUT2D eigenvalue weighted by Gasteiger charge is -2.12. The maximum absolute atomic E-state index is 13.2. The van der Waals surface area contributed by atoms with Gasteiger partial charge in [-0.05, 0) is 48.7 Å². The maximum atomic E-state index is 13.2. The van der Waals surface area contributed by atoms with Crippen molar-refractivity contribution in [2.45, 2.75) is 12.5 Å². The molecule has 0 aliphatic rings. The molecule has 2 aromatic heterocycles. The molecule has 0 bridgehead atoms. The zero-order valence-electron chi connectivity index (χ0n) is 10.5. The first-order valence-electron chi connectivity index (χ1n) is 6.13. The second-order valence-electron chi connectivity index (χ2n) is 4.51. The number of benzene rings is 1. The summed E-state index contributed by atoms with van der Waals surface area (Å²) in [6.45, 7) is 0. The van der Waals surface area contributed by atoms with Crippen molar-refractivity contribution in [1.82, 2.24) is 5.32 Å². The zero-order chi connectivity index (χ0) is 13.2. The van der Waals surface area contributed by atoms with Gasteiger partial charge in [0.25, 0.3) is 0 Å². The van der Waals surface area contributed by atoms with Crippen LogP contribution >= 0.6 is 11.3 Å². The Morgan fingerprint density at radius 1 is 1.32 bits per heavy atom. The van der Waals surface area contributed by atoms with Gasteiger partial charge in [-0.3, -0.25) is 0 Å². The Morgan fingerprint density at radius 3 is 2.95 bits per heavy atom. The van der Waals surface area contributed by atoms with Crippen molar-refractivity contribution in [2.75, 3.05) is 7.05 Å². The molecule has 98 valence electrons. The number of nitrogens with one attached hydrogen (secondary N) is 1. The van der Waals surface area contributed by atoms with E-state index < -0.39 is 0 Å². The number of thiophene rings is 1. The largest absolute Gasteiger partial charge is 0.472 e. The second-order valence-corrected chi connectivity index (χ2v) is 5.62. The first-order valence-corrected chi connectivity index (χ1v) is 6.95. The number of hydrogen-bond acceptors (Lipinski definition) is 3. The molecule has 1 unspecified atom stereocenters.